The van der Waals surface area contributed by atoms with E-state index in [2.05, 4.69) is 41.5 Å². The van der Waals surface area contributed by atoms with Gasteiger partial charge in [0.1, 0.15) is 0 Å². The van der Waals surface area contributed by atoms with Crippen molar-refractivity contribution in [2.75, 3.05) is 0 Å². The van der Waals surface area contributed by atoms with Gasteiger partial charge in [-0.15, -0.1) is 0 Å². The molecule has 0 aromatic rings. The van der Waals surface area contributed by atoms with Gasteiger partial charge >= 0.3 is 0 Å². The first-order valence-corrected chi connectivity index (χ1v) is 6.34. The monoisotopic (exact) mass is 178 g/mol. The van der Waals surface area contributed by atoms with Gasteiger partial charge in [0.15, 0.2) is 0 Å². The molecule has 0 radical (unpaired) electrons. The minimum Gasteiger partial charge on any atom is -0.284 e. The third-order valence-electron chi connectivity index (χ3n) is 2.42. The fourth-order valence-corrected chi connectivity index (χ4v) is 5.37. The summed E-state index contributed by atoms with van der Waals surface area (Å²) in [6.07, 6.45) is 0. The zero-order valence-corrected chi connectivity index (χ0v) is 9.48. The molecular weight excluding hydrogens is 156 g/mol. The van der Waals surface area contributed by atoms with Crippen molar-refractivity contribution in [1.29, 1.82) is 0 Å². The number of rotatable bonds is 3. The van der Waals surface area contributed by atoms with Crippen molar-refractivity contribution in [1.82, 2.24) is 0 Å². The molecule has 0 rings (SSSR count). The second-order valence-corrected chi connectivity index (χ2v) is 8.67. The van der Waals surface area contributed by atoms with Crippen molar-refractivity contribution in [3.05, 3.63) is 0 Å². The van der Waals surface area contributed by atoms with Crippen molar-refractivity contribution in [3.8, 4) is 0 Å². The predicted molar refractivity (Wildman–Crippen MR) is 54.9 cm³/mol. The number of hydrogen-bond donors (Lipinski definition) is 1. The first kappa shape index (κ1) is 11.2. The molecule has 0 unspecified atom stereocenters. The van der Waals surface area contributed by atoms with Gasteiger partial charge in [0.2, 0.25) is 0 Å². The molecule has 0 aliphatic carbocycles. The van der Waals surface area contributed by atoms with Crippen LogP contribution >= 0.6 is 0 Å². The minimum atomic E-state index is -1.94. The summed E-state index contributed by atoms with van der Waals surface area (Å²) in [5.41, 5.74) is 0. The summed E-state index contributed by atoms with van der Waals surface area (Å²) in [6, 6.07) is 0. The summed E-state index contributed by atoms with van der Waals surface area (Å²) in [5, 5.41) is 1.01. The van der Waals surface area contributed by atoms with Gasteiger partial charge < -0.3 is 0 Å². The van der Waals surface area contributed by atoms with E-state index < -0.39 is 9.93 Å². The van der Waals surface area contributed by atoms with Crippen molar-refractivity contribution in [2.45, 2.75) is 57.3 Å². The second-order valence-electron chi connectivity index (χ2n) is 4.04. The Bertz CT molecular complexity index is 130. The fourth-order valence-electron chi connectivity index (χ4n) is 1.79. The molecule has 0 spiro atoms. The van der Waals surface area contributed by atoms with E-state index in [-0.39, 0.29) is 0 Å². The van der Waals surface area contributed by atoms with E-state index in [1.54, 1.807) is 0 Å². The Morgan fingerprint density at radius 3 is 0.909 bits per heavy atom. The highest BCUT2D eigenvalue weighted by Crippen LogP contribution is 2.23. The lowest BCUT2D eigenvalue weighted by Crippen LogP contribution is -2.39. The van der Waals surface area contributed by atoms with Gasteiger partial charge in [-0.2, -0.15) is 0 Å². The van der Waals surface area contributed by atoms with Crippen LogP contribution < -0.4 is 0 Å². The van der Waals surface area contributed by atoms with E-state index in [9.17, 15) is 4.21 Å². The average molecular weight is 178 g/mol. The largest absolute Gasteiger partial charge is 0.284 e. The topological polar surface area (TPSA) is 17.1 Å². The Kier molecular flexibility index (Phi) is 3.75. The number of hydrogen-bond acceptors (Lipinski definition) is 1. The SMILES string of the molecule is CC(C)[SH](=O)(C(C)C)C(C)C. The molecule has 0 aromatic heterocycles. The van der Waals surface area contributed by atoms with Crippen LogP contribution in [0.15, 0.2) is 0 Å². The van der Waals surface area contributed by atoms with Gasteiger partial charge in [0.25, 0.3) is 0 Å². The Balaban J connectivity index is 4.69. The Morgan fingerprint density at radius 1 is 0.727 bits per heavy atom. The molecular formula is C9H22OS. The van der Waals surface area contributed by atoms with E-state index in [1.165, 1.54) is 0 Å². The van der Waals surface area contributed by atoms with E-state index >= 15 is 0 Å². The van der Waals surface area contributed by atoms with Gasteiger partial charge in [-0.3, -0.25) is 4.21 Å². The highest BCUT2D eigenvalue weighted by molar-refractivity contribution is 8.04. The molecule has 0 saturated carbocycles. The van der Waals surface area contributed by atoms with Crippen molar-refractivity contribution in [3.63, 3.8) is 0 Å². The molecule has 11 heavy (non-hydrogen) atoms. The first-order valence-electron chi connectivity index (χ1n) is 4.42. The Hall–Kier alpha value is 0.150. The van der Waals surface area contributed by atoms with Gasteiger partial charge in [-0.1, -0.05) is 51.5 Å². The highest BCUT2D eigenvalue weighted by atomic mass is 32.2. The van der Waals surface area contributed by atoms with Gasteiger partial charge in [0.05, 0.1) is 0 Å². The van der Waals surface area contributed by atoms with Crippen LogP contribution in [0.4, 0.5) is 0 Å². The second kappa shape index (κ2) is 3.70. The lowest BCUT2D eigenvalue weighted by molar-refractivity contribution is 0.644. The van der Waals surface area contributed by atoms with Crippen LogP contribution in [0.3, 0.4) is 0 Å². The smallest absolute Gasteiger partial charge is 0.00748 e. The lowest BCUT2D eigenvalue weighted by atomic mass is 10.5. The molecule has 0 fully saturated rings. The predicted octanol–water partition coefficient (Wildman–Crippen LogP) is 2.23. The highest BCUT2D eigenvalue weighted by Gasteiger charge is 2.27. The van der Waals surface area contributed by atoms with E-state index in [4.69, 9.17) is 0 Å². The molecule has 0 amide bonds. The molecule has 0 bridgehead atoms. The summed E-state index contributed by atoms with van der Waals surface area (Å²) in [4.78, 5) is 0. The molecule has 0 aliphatic rings. The molecule has 70 valence electrons. The third kappa shape index (κ3) is 2.05. The van der Waals surface area contributed by atoms with Crippen LogP contribution in [0.25, 0.3) is 0 Å². The van der Waals surface area contributed by atoms with Crippen LogP contribution in [0.5, 0.6) is 0 Å². The standard InChI is InChI=1S/C9H22OS/c1-7(2)11(10,8(3)4)9(5)6/h7-9,11H,1-6H3. The molecule has 0 aliphatic heterocycles. The zero-order valence-electron chi connectivity index (χ0n) is 8.59. The molecule has 0 atom stereocenters. The van der Waals surface area contributed by atoms with Crippen molar-refractivity contribution in [2.24, 2.45) is 0 Å². The fraction of sp³-hybridized carbons (Fsp3) is 1.00. The summed E-state index contributed by atoms with van der Waals surface area (Å²) < 4.78 is 12.3. The van der Waals surface area contributed by atoms with Gasteiger partial charge in [-0.05, 0) is 0 Å². The average Bonchev–Trinajstić information content (AvgIpc) is 1.84. The summed E-state index contributed by atoms with van der Waals surface area (Å²) in [7, 11) is -1.94. The van der Waals surface area contributed by atoms with Crippen LogP contribution in [0.1, 0.15) is 41.5 Å². The van der Waals surface area contributed by atoms with E-state index in [0.717, 1.165) is 0 Å². The quantitative estimate of drug-likeness (QED) is 0.656. The Morgan fingerprint density at radius 2 is 0.909 bits per heavy atom. The van der Waals surface area contributed by atoms with Crippen LogP contribution in [0.2, 0.25) is 0 Å². The number of thiol groups is 1. The molecule has 0 heterocycles. The first-order chi connectivity index (χ1) is 4.83. The van der Waals surface area contributed by atoms with Crippen LogP contribution in [0, 0.1) is 0 Å². The summed E-state index contributed by atoms with van der Waals surface area (Å²) in [6.45, 7) is 12.4. The maximum absolute atomic E-state index is 12.3. The van der Waals surface area contributed by atoms with Crippen LogP contribution in [-0.4, -0.2) is 20.0 Å². The zero-order chi connectivity index (χ0) is 9.23. The Labute approximate surface area is 72.0 Å². The molecule has 0 saturated heterocycles. The third-order valence-corrected chi connectivity index (χ3v) is 7.26. The molecule has 2 heteroatoms. The molecule has 0 N–H and O–H groups in total. The minimum absolute atomic E-state index is 0.336. The van der Waals surface area contributed by atoms with Gasteiger partial charge in [-0.25, -0.2) is 0 Å². The molecule has 0 aromatic carbocycles. The van der Waals surface area contributed by atoms with Crippen molar-refractivity contribution >= 4 is 9.93 Å². The van der Waals surface area contributed by atoms with Crippen molar-refractivity contribution < 1.29 is 4.21 Å². The summed E-state index contributed by atoms with van der Waals surface area (Å²) >= 11 is 0. The maximum Gasteiger partial charge on any atom is 0.00748 e. The van der Waals surface area contributed by atoms with Crippen LogP contribution in [-0.2, 0) is 9.93 Å². The molecule has 1 nitrogen and oxygen atoms in total. The maximum atomic E-state index is 12.3. The summed E-state index contributed by atoms with van der Waals surface area (Å²) in [5.74, 6) is 0. The normalized spacial score (nSPS) is 15.0. The lowest BCUT2D eigenvalue weighted by Gasteiger charge is -2.35. The van der Waals surface area contributed by atoms with E-state index in [0.29, 0.717) is 15.7 Å². The van der Waals surface area contributed by atoms with E-state index in [1.807, 2.05) is 0 Å². The van der Waals surface area contributed by atoms with Gasteiger partial charge in [0, 0.05) is 15.7 Å².